The molecule has 0 spiro atoms. The van der Waals surface area contributed by atoms with Crippen LogP contribution in [0.3, 0.4) is 0 Å². The second-order valence-electron chi connectivity index (χ2n) is 8.50. The third kappa shape index (κ3) is 4.61. The van der Waals surface area contributed by atoms with Crippen molar-refractivity contribution >= 4 is 56.9 Å². The molecule has 9 heteroatoms. The van der Waals surface area contributed by atoms with Crippen molar-refractivity contribution in [1.29, 1.82) is 0 Å². The van der Waals surface area contributed by atoms with Gasteiger partial charge in [0.15, 0.2) is 0 Å². The van der Waals surface area contributed by atoms with Crippen molar-refractivity contribution in [2.45, 2.75) is 24.3 Å². The zero-order valence-electron chi connectivity index (χ0n) is 18.3. The van der Waals surface area contributed by atoms with Crippen LogP contribution in [-0.4, -0.2) is 43.5 Å². The minimum atomic E-state index is -3.15. The van der Waals surface area contributed by atoms with Gasteiger partial charge in [0.25, 0.3) is 0 Å². The third-order valence-corrected chi connectivity index (χ3v) is 15.1. The molecule has 1 aliphatic heterocycles. The van der Waals surface area contributed by atoms with E-state index in [2.05, 4.69) is 91.9 Å². The van der Waals surface area contributed by atoms with Crippen molar-refractivity contribution in [3.05, 3.63) is 67.1 Å². The van der Waals surface area contributed by atoms with E-state index in [1.807, 2.05) is 36.7 Å². The number of fused-ring (bicyclic) bond motifs is 1. The lowest BCUT2D eigenvalue weighted by atomic mass is 9.98. The number of rotatable bonds is 6. The summed E-state index contributed by atoms with van der Waals surface area (Å²) in [6, 6.07) is 16.4. The predicted molar refractivity (Wildman–Crippen MR) is 151 cm³/mol. The second-order valence-corrected chi connectivity index (χ2v) is 25.8. The Balaban J connectivity index is 1.27. The highest BCUT2D eigenvalue weighted by Gasteiger charge is 2.41. The molecule has 1 aliphatic rings. The Morgan fingerprint density at radius 3 is 2.52 bits per heavy atom. The number of benzene rings is 2. The van der Waals surface area contributed by atoms with Crippen molar-refractivity contribution < 1.29 is 8.95 Å². The van der Waals surface area contributed by atoms with E-state index in [0.29, 0.717) is 5.92 Å². The van der Waals surface area contributed by atoms with Crippen LogP contribution in [0.2, 0.25) is 0 Å². The fourth-order valence-electron chi connectivity index (χ4n) is 4.57. The van der Waals surface area contributed by atoms with Gasteiger partial charge in [-0.1, -0.05) is 6.07 Å². The lowest BCUT2D eigenvalue weighted by Gasteiger charge is -2.45. The van der Waals surface area contributed by atoms with Crippen LogP contribution in [0.5, 0.6) is 5.75 Å². The molecule has 5 rings (SSSR count). The summed E-state index contributed by atoms with van der Waals surface area (Å²) in [6.45, 7) is 2.65. The number of methoxy groups -OCH3 is 1. The smallest absolute Gasteiger partial charge is 0.118 e. The average Bonchev–Trinajstić information content (AvgIpc) is 3.50. The number of hydrogen-bond acceptors (Lipinski definition) is 3. The largest absolute Gasteiger partial charge is 0.497 e. The number of aromatic amines is 1. The fraction of sp³-hybridized carbons (Fsp3) is 0.292. The molecule has 33 heavy (non-hydrogen) atoms. The van der Waals surface area contributed by atoms with Gasteiger partial charge >= 0.3 is 0 Å². The highest BCUT2D eigenvalue weighted by Crippen LogP contribution is 2.54. The molecule has 6 nitrogen and oxygen atoms in total. The molecule has 0 atom stereocenters. The van der Waals surface area contributed by atoms with Crippen LogP contribution >= 0.6 is 42.4 Å². The van der Waals surface area contributed by atoms with Gasteiger partial charge in [0.1, 0.15) is 5.75 Å². The Morgan fingerprint density at radius 1 is 1.09 bits per heavy atom. The van der Waals surface area contributed by atoms with Crippen LogP contribution in [0.15, 0.2) is 72.0 Å². The van der Waals surface area contributed by atoms with Crippen LogP contribution in [0.4, 0.5) is 0 Å². The molecule has 1 fully saturated rings. The van der Waals surface area contributed by atoms with Gasteiger partial charge in [0.05, 0.1) is 16.9 Å². The van der Waals surface area contributed by atoms with Gasteiger partial charge in [-0.2, -0.15) is 5.10 Å². The molecular formula is C24H26I2N4O2S. The standard InChI is InChI=1S/C24H26I2N4O2S/c1-32-22-3-5-23(6-4-22)33(25,26,31)30-12-8-18(9-13-30)17-29-11-10-20-14-19(2-7-24(20)29)21-15-27-28-16-21/h2-7,10-11,14-16,18H,8-9,12-13,17H2,1H3,(H,27,28). The Bertz CT molecular complexity index is 1320. The van der Waals surface area contributed by atoms with Gasteiger partial charge in [0.2, 0.25) is 0 Å². The van der Waals surface area contributed by atoms with Crippen LogP contribution in [0.25, 0.3) is 22.0 Å². The summed E-state index contributed by atoms with van der Waals surface area (Å²) in [5, 5.41) is 8.18. The molecule has 174 valence electrons. The Morgan fingerprint density at radius 2 is 1.85 bits per heavy atom. The summed E-state index contributed by atoms with van der Waals surface area (Å²) in [5.74, 6) is 1.35. The number of hydrogen-bond donors (Lipinski definition) is 1. The normalized spacial score (nSPS) is 17.1. The van der Waals surface area contributed by atoms with E-state index in [-0.39, 0.29) is 0 Å². The van der Waals surface area contributed by atoms with E-state index in [4.69, 9.17) is 4.74 Å². The first-order valence-corrected chi connectivity index (χ1v) is 17.9. The molecular weight excluding hydrogens is 662 g/mol. The van der Waals surface area contributed by atoms with Crippen LogP contribution in [-0.2, 0) is 10.1 Å². The van der Waals surface area contributed by atoms with Gasteiger partial charge in [-0.3, -0.25) is 5.10 Å². The first kappa shape index (κ1) is 23.3. The molecule has 0 saturated carbocycles. The Kier molecular flexibility index (Phi) is 6.34. The van der Waals surface area contributed by atoms with Gasteiger partial charge in [-0.15, -0.1) is 0 Å². The summed E-state index contributed by atoms with van der Waals surface area (Å²) in [6.07, 6.45) is 8.02. The second kappa shape index (κ2) is 8.97. The number of H-pyrrole nitrogens is 1. The SMILES string of the molecule is COc1ccc(S(=O)(I)(I)N2CCC(Cn3ccc4cc(-c5cn[nH]c5)ccc43)CC2)cc1. The highest BCUT2D eigenvalue weighted by molar-refractivity contribution is 14.3. The summed E-state index contributed by atoms with van der Waals surface area (Å²) < 4.78 is 20.8. The maximum absolute atomic E-state index is 14.1. The van der Waals surface area contributed by atoms with Crippen molar-refractivity contribution in [1.82, 2.24) is 19.1 Å². The minimum absolute atomic E-state index is 0.567. The van der Waals surface area contributed by atoms with E-state index in [1.165, 1.54) is 16.5 Å². The van der Waals surface area contributed by atoms with Crippen LogP contribution in [0.1, 0.15) is 12.8 Å². The molecule has 0 unspecified atom stereocenters. The Labute approximate surface area is 217 Å². The van der Waals surface area contributed by atoms with Gasteiger partial charge in [-0.25, -0.2) is 8.51 Å². The third-order valence-electron chi connectivity index (χ3n) is 6.50. The fourth-order valence-corrected chi connectivity index (χ4v) is 10.4. The Hall–Kier alpha value is -1.44. The van der Waals surface area contributed by atoms with Gasteiger partial charge in [-0.05, 0) is 66.8 Å². The van der Waals surface area contributed by atoms with Crippen molar-refractivity contribution in [2.24, 2.45) is 5.92 Å². The summed E-state index contributed by atoms with van der Waals surface area (Å²) in [5.41, 5.74) is 3.53. The van der Waals surface area contributed by atoms with Crippen molar-refractivity contribution in [2.75, 3.05) is 20.2 Å². The molecule has 0 bridgehead atoms. The predicted octanol–water partition coefficient (Wildman–Crippen LogP) is 6.25. The first-order valence-electron chi connectivity index (χ1n) is 10.9. The lowest BCUT2D eigenvalue weighted by Crippen LogP contribution is -2.45. The van der Waals surface area contributed by atoms with E-state index >= 15 is 0 Å². The molecule has 1 saturated heterocycles. The summed E-state index contributed by atoms with van der Waals surface area (Å²) >= 11 is 4.36. The molecule has 0 radical (unpaired) electrons. The van der Waals surface area contributed by atoms with Crippen molar-refractivity contribution in [3.8, 4) is 16.9 Å². The topological polar surface area (TPSA) is 63.1 Å². The van der Waals surface area contributed by atoms with Crippen LogP contribution in [0, 0.1) is 5.92 Å². The molecule has 0 amide bonds. The molecule has 0 aliphatic carbocycles. The van der Waals surface area contributed by atoms with E-state index < -0.39 is 3.59 Å². The maximum Gasteiger partial charge on any atom is 0.118 e. The van der Waals surface area contributed by atoms with E-state index in [9.17, 15) is 4.21 Å². The molecule has 1 N–H and O–H groups in total. The van der Waals surface area contributed by atoms with Gasteiger partial charge < -0.3 is 9.30 Å². The minimum Gasteiger partial charge on any atom is -0.497 e. The quantitative estimate of drug-likeness (QED) is 0.193. The number of aromatic nitrogens is 3. The summed E-state index contributed by atoms with van der Waals surface area (Å²) in [7, 11) is 1.65. The number of piperidine rings is 1. The zero-order chi connectivity index (χ0) is 23.1. The first-order chi connectivity index (χ1) is 15.8. The van der Waals surface area contributed by atoms with Crippen molar-refractivity contribution in [3.63, 3.8) is 0 Å². The van der Waals surface area contributed by atoms with Gasteiger partial charge in [0, 0.05) is 95.8 Å². The number of nitrogens with one attached hydrogen (secondary N) is 1. The molecule has 2 aromatic heterocycles. The molecule has 3 heterocycles. The summed E-state index contributed by atoms with van der Waals surface area (Å²) in [4.78, 5) is 0.859. The zero-order valence-corrected chi connectivity index (χ0v) is 23.4. The van der Waals surface area contributed by atoms with Crippen LogP contribution < -0.4 is 4.74 Å². The lowest BCUT2D eigenvalue weighted by molar-refractivity contribution is 0.261. The maximum atomic E-state index is 14.1. The van der Waals surface area contributed by atoms with E-state index in [0.717, 1.165) is 48.7 Å². The number of halogens is 2. The number of nitrogens with zero attached hydrogens (tertiary/aromatic N) is 3. The monoisotopic (exact) mass is 688 g/mol. The highest BCUT2D eigenvalue weighted by atomic mass is 127. The van der Waals surface area contributed by atoms with E-state index in [1.54, 1.807) is 7.11 Å². The molecule has 4 aromatic rings. The molecule has 2 aromatic carbocycles. The number of ether oxygens (including phenoxy) is 1. The average molecular weight is 688 g/mol.